The second-order valence-electron chi connectivity index (χ2n) is 7.16. The Morgan fingerprint density at radius 1 is 1.04 bits per heavy atom. The van der Waals surface area contributed by atoms with Crippen molar-refractivity contribution in [1.82, 2.24) is 4.72 Å². The van der Waals surface area contributed by atoms with Crippen LogP contribution in [0.2, 0.25) is 0 Å². The number of rotatable bonds is 8. The van der Waals surface area contributed by atoms with Crippen LogP contribution >= 0.6 is 0 Å². The molecule has 0 radical (unpaired) electrons. The van der Waals surface area contributed by atoms with Crippen molar-refractivity contribution in [2.75, 3.05) is 13.7 Å². The number of hydrogen-bond donors (Lipinski definition) is 1. The van der Waals surface area contributed by atoms with Gasteiger partial charge in [-0.3, -0.25) is 0 Å². The van der Waals surface area contributed by atoms with Crippen molar-refractivity contribution in [3.8, 4) is 11.5 Å². The van der Waals surface area contributed by atoms with Gasteiger partial charge in [0, 0.05) is 0 Å². The molecule has 1 N–H and O–H groups in total. The molecule has 0 fully saturated rings. The van der Waals surface area contributed by atoms with Crippen LogP contribution in [0.25, 0.3) is 0 Å². The molecular formula is C21H29NO4S. The van der Waals surface area contributed by atoms with Crippen LogP contribution in [0.1, 0.15) is 43.4 Å². The van der Waals surface area contributed by atoms with Gasteiger partial charge < -0.3 is 9.47 Å². The molecule has 148 valence electrons. The van der Waals surface area contributed by atoms with Crippen molar-refractivity contribution >= 4 is 10.0 Å². The average molecular weight is 392 g/mol. The predicted octanol–water partition coefficient (Wildman–Crippen LogP) is 4.18. The Labute approximate surface area is 162 Å². The molecule has 0 unspecified atom stereocenters. The molecule has 0 spiro atoms. The van der Waals surface area contributed by atoms with E-state index in [0.717, 1.165) is 16.9 Å². The van der Waals surface area contributed by atoms with E-state index in [2.05, 4.69) is 4.72 Å². The lowest BCUT2D eigenvalue weighted by atomic mass is 10.0. The van der Waals surface area contributed by atoms with Crippen LogP contribution in [0, 0.1) is 13.8 Å². The van der Waals surface area contributed by atoms with Crippen LogP contribution in [0.4, 0.5) is 0 Å². The molecule has 27 heavy (non-hydrogen) atoms. The molecule has 6 heteroatoms. The molecule has 0 aliphatic rings. The molecule has 5 nitrogen and oxygen atoms in total. The fourth-order valence-corrected chi connectivity index (χ4v) is 4.30. The van der Waals surface area contributed by atoms with Crippen LogP contribution in [0.15, 0.2) is 41.3 Å². The van der Waals surface area contributed by atoms with E-state index in [1.165, 1.54) is 0 Å². The van der Waals surface area contributed by atoms with Gasteiger partial charge in [-0.05, 0) is 62.1 Å². The lowest BCUT2D eigenvalue weighted by molar-refractivity contribution is 0.287. The summed E-state index contributed by atoms with van der Waals surface area (Å²) in [5.41, 5.74) is 2.66. The Kier molecular flexibility index (Phi) is 6.89. The molecule has 0 bridgehead atoms. The highest BCUT2D eigenvalue weighted by Gasteiger charge is 2.23. The van der Waals surface area contributed by atoms with Gasteiger partial charge in [-0.2, -0.15) is 0 Å². The number of benzene rings is 2. The molecule has 0 aliphatic carbocycles. The zero-order valence-electron chi connectivity index (χ0n) is 16.9. The second kappa shape index (κ2) is 8.76. The molecule has 2 rings (SSSR count). The normalized spacial score (nSPS) is 12.9. The Hall–Kier alpha value is -2.05. The fourth-order valence-electron chi connectivity index (χ4n) is 2.81. The van der Waals surface area contributed by atoms with Gasteiger partial charge >= 0.3 is 0 Å². The summed E-state index contributed by atoms with van der Waals surface area (Å²) in [6.45, 7) is 9.82. The Bertz CT molecular complexity index is 874. The van der Waals surface area contributed by atoms with Crippen LogP contribution in [-0.2, 0) is 10.0 Å². The van der Waals surface area contributed by atoms with Gasteiger partial charge in [-0.1, -0.05) is 31.5 Å². The minimum Gasteiger partial charge on any atom is -0.496 e. The zero-order chi connectivity index (χ0) is 20.2. The smallest absolute Gasteiger partial charge is 0.241 e. The van der Waals surface area contributed by atoms with Gasteiger partial charge in [0.15, 0.2) is 0 Å². The molecule has 2 aromatic carbocycles. The summed E-state index contributed by atoms with van der Waals surface area (Å²) in [6.07, 6.45) is 0. The molecule has 0 saturated carbocycles. The summed E-state index contributed by atoms with van der Waals surface area (Å²) < 4.78 is 39.6. The van der Waals surface area contributed by atoms with Gasteiger partial charge in [-0.25, -0.2) is 13.1 Å². The maximum Gasteiger partial charge on any atom is 0.241 e. The van der Waals surface area contributed by atoms with Gasteiger partial charge in [0.2, 0.25) is 10.0 Å². The van der Waals surface area contributed by atoms with E-state index >= 15 is 0 Å². The molecule has 0 aromatic heterocycles. The van der Waals surface area contributed by atoms with Gasteiger partial charge in [-0.15, -0.1) is 0 Å². The molecular weight excluding hydrogens is 362 g/mol. The number of methoxy groups -OCH3 is 1. The van der Waals surface area contributed by atoms with E-state index in [4.69, 9.17) is 9.47 Å². The summed E-state index contributed by atoms with van der Waals surface area (Å²) in [5.74, 6) is 1.57. The Morgan fingerprint density at radius 3 is 2.22 bits per heavy atom. The number of sulfonamides is 1. The summed E-state index contributed by atoms with van der Waals surface area (Å²) in [7, 11) is -2.07. The summed E-state index contributed by atoms with van der Waals surface area (Å²) in [6, 6.07) is 10.8. The molecule has 0 amide bonds. The van der Waals surface area contributed by atoms with Crippen molar-refractivity contribution in [3.63, 3.8) is 0 Å². The highest BCUT2D eigenvalue weighted by atomic mass is 32.2. The van der Waals surface area contributed by atoms with E-state index in [0.29, 0.717) is 11.3 Å². The lowest BCUT2D eigenvalue weighted by Crippen LogP contribution is -2.37. The number of ether oxygens (including phenoxy) is 2. The summed E-state index contributed by atoms with van der Waals surface area (Å²) >= 11 is 0. The van der Waals surface area contributed by atoms with E-state index in [1.807, 2.05) is 45.0 Å². The Morgan fingerprint density at radius 2 is 1.67 bits per heavy atom. The van der Waals surface area contributed by atoms with Crippen LogP contribution in [0.3, 0.4) is 0 Å². The quantitative estimate of drug-likeness (QED) is 0.733. The van der Waals surface area contributed by atoms with E-state index < -0.39 is 10.0 Å². The topological polar surface area (TPSA) is 64.6 Å². The first-order chi connectivity index (χ1) is 12.6. The lowest BCUT2D eigenvalue weighted by Gasteiger charge is -2.19. The third kappa shape index (κ3) is 5.47. The standard InChI is InChI=1S/C21H29NO4S/c1-14(2)19-12-21(16(4)11-20(19)25-6)27(23,24)22-17(5)13-26-18-9-7-15(3)8-10-18/h7-12,14,17,22H,13H2,1-6H3/t17-/m0/s1. The maximum atomic E-state index is 12.9. The second-order valence-corrected chi connectivity index (χ2v) is 8.84. The first-order valence-corrected chi connectivity index (χ1v) is 10.5. The largest absolute Gasteiger partial charge is 0.496 e. The zero-order valence-corrected chi connectivity index (χ0v) is 17.7. The van der Waals surface area contributed by atoms with E-state index in [9.17, 15) is 8.42 Å². The molecule has 1 atom stereocenters. The molecule has 0 saturated heterocycles. The Balaban J connectivity index is 2.15. The predicted molar refractivity (Wildman–Crippen MR) is 108 cm³/mol. The first-order valence-electron chi connectivity index (χ1n) is 9.04. The number of hydrogen-bond acceptors (Lipinski definition) is 4. The number of nitrogens with one attached hydrogen (secondary N) is 1. The van der Waals surface area contributed by atoms with Crippen molar-refractivity contribution in [2.45, 2.75) is 51.5 Å². The van der Waals surface area contributed by atoms with Crippen molar-refractivity contribution < 1.29 is 17.9 Å². The monoisotopic (exact) mass is 391 g/mol. The van der Waals surface area contributed by atoms with Crippen LogP contribution in [-0.4, -0.2) is 28.2 Å². The van der Waals surface area contributed by atoms with Gasteiger partial charge in [0.25, 0.3) is 0 Å². The average Bonchev–Trinajstić information content (AvgIpc) is 2.60. The van der Waals surface area contributed by atoms with Gasteiger partial charge in [0.05, 0.1) is 18.0 Å². The highest BCUT2D eigenvalue weighted by molar-refractivity contribution is 7.89. The fraction of sp³-hybridized carbons (Fsp3) is 0.429. The minimum atomic E-state index is -3.67. The maximum absolute atomic E-state index is 12.9. The number of aryl methyl sites for hydroxylation is 2. The third-order valence-electron chi connectivity index (χ3n) is 4.32. The van der Waals surface area contributed by atoms with Crippen molar-refractivity contribution in [2.24, 2.45) is 0 Å². The van der Waals surface area contributed by atoms with Crippen LogP contribution < -0.4 is 14.2 Å². The van der Waals surface area contributed by atoms with Gasteiger partial charge in [0.1, 0.15) is 18.1 Å². The van der Waals surface area contributed by atoms with Crippen molar-refractivity contribution in [1.29, 1.82) is 0 Å². The summed E-state index contributed by atoms with van der Waals surface area (Å²) in [5, 5.41) is 0. The van der Waals surface area contributed by atoms with E-state index in [-0.39, 0.29) is 23.5 Å². The molecule has 2 aromatic rings. The molecule has 0 heterocycles. The molecule has 0 aliphatic heterocycles. The highest BCUT2D eigenvalue weighted by Crippen LogP contribution is 2.31. The van der Waals surface area contributed by atoms with Crippen LogP contribution in [0.5, 0.6) is 11.5 Å². The third-order valence-corrected chi connectivity index (χ3v) is 6.05. The summed E-state index contributed by atoms with van der Waals surface area (Å²) in [4.78, 5) is 0.272. The SMILES string of the molecule is COc1cc(C)c(S(=O)(=O)N[C@@H](C)COc2ccc(C)cc2)cc1C(C)C. The first kappa shape index (κ1) is 21.3. The minimum absolute atomic E-state index is 0.150. The van der Waals surface area contributed by atoms with E-state index in [1.54, 1.807) is 33.1 Å². The van der Waals surface area contributed by atoms with Crippen molar-refractivity contribution in [3.05, 3.63) is 53.1 Å².